The molecule has 31 heavy (non-hydrogen) atoms. The van der Waals surface area contributed by atoms with Crippen LogP contribution in [0.15, 0.2) is 60.7 Å². The highest BCUT2D eigenvalue weighted by molar-refractivity contribution is 5.94. The molecule has 2 N–H and O–H groups in total. The van der Waals surface area contributed by atoms with Crippen LogP contribution in [0.2, 0.25) is 0 Å². The maximum Gasteiger partial charge on any atom is 0.253 e. The molecule has 0 aliphatic carbocycles. The molecule has 2 aromatic carbocycles. The van der Waals surface area contributed by atoms with Crippen LogP contribution >= 0.6 is 0 Å². The minimum Gasteiger partial charge on any atom is -0.344 e. The third kappa shape index (κ3) is 7.23. The number of rotatable bonds is 8. The Balaban J connectivity index is 0.00000166. The third-order valence-corrected chi connectivity index (χ3v) is 4.73. The molecule has 164 valence electrons. The molecule has 0 aliphatic rings. The number of carbonyl (C=O) groups excluding carboxylic acids is 1. The first-order chi connectivity index (χ1) is 15.1. The van der Waals surface area contributed by atoms with Crippen LogP contribution in [-0.2, 0) is 19.6 Å². The maximum absolute atomic E-state index is 12.7. The summed E-state index contributed by atoms with van der Waals surface area (Å²) in [5.41, 5.74) is 5.00. The van der Waals surface area contributed by atoms with Crippen LogP contribution in [0.3, 0.4) is 0 Å². The molecule has 0 aliphatic heterocycles. The molecule has 0 saturated heterocycles. The monoisotopic (exact) mass is 418 g/mol. The second kappa shape index (κ2) is 12.5. The molecule has 5 nitrogen and oxygen atoms in total. The van der Waals surface area contributed by atoms with Crippen molar-refractivity contribution < 1.29 is 4.79 Å². The summed E-state index contributed by atoms with van der Waals surface area (Å²) in [5, 5.41) is 3.43. The SMILES string of the molecule is C/C=C\c1nc(CN(C)C(=O)c2ccc(CNCc3ccccc3)cc2)[nH]c1C.CC. The van der Waals surface area contributed by atoms with E-state index in [1.165, 1.54) is 5.56 Å². The van der Waals surface area contributed by atoms with Gasteiger partial charge >= 0.3 is 0 Å². The summed E-state index contributed by atoms with van der Waals surface area (Å²) in [6.45, 7) is 9.97. The minimum atomic E-state index is -0.0181. The van der Waals surface area contributed by atoms with Gasteiger partial charge in [0.1, 0.15) is 5.82 Å². The fourth-order valence-corrected chi connectivity index (χ4v) is 3.16. The summed E-state index contributed by atoms with van der Waals surface area (Å²) in [4.78, 5) is 22.2. The molecule has 0 atom stereocenters. The molecule has 0 saturated carbocycles. The smallest absolute Gasteiger partial charge is 0.253 e. The first-order valence-corrected chi connectivity index (χ1v) is 10.8. The Bertz CT molecular complexity index is 959. The second-order valence-electron chi connectivity index (χ2n) is 7.14. The van der Waals surface area contributed by atoms with Crippen molar-refractivity contribution in [1.29, 1.82) is 0 Å². The Morgan fingerprint density at radius 1 is 1.03 bits per heavy atom. The van der Waals surface area contributed by atoms with Crippen molar-refractivity contribution in [2.75, 3.05) is 7.05 Å². The van der Waals surface area contributed by atoms with Gasteiger partial charge in [-0.2, -0.15) is 0 Å². The van der Waals surface area contributed by atoms with E-state index in [2.05, 4.69) is 27.4 Å². The molecule has 1 aromatic heterocycles. The van der Waals surface area contributed by atoms with Gasteiger partial charge in [-0.15, -0.1) is 0 Å². The van der Waals surface area contributed by atoms with Gasteiger partial charge in [0, 0.05) is 31.4 Å². The summed E-state index contributed by atoms with van der Waals surface area (Å²) in [6, 6.07) is 18.1. The fraction of sp³-hybridized carbons (Fsp3) is 0.308. The standard InChI is InChI=1S/C24H28N4O.C2H6/c1-4-8-22-18(2)26-23(27-22)17-28(3)24(29)21-13-11-20(12-14-21)16-25-15-19-9-6-5-7-10-19;1-2/h4-14,25H,15-17H2,1-3H3,(H,26,27);1-2H3/b8-4-;. The highest BCUT2D eigenvalue weighted by atomic mass is 16.2. The highest BCUT2D eigenvalue weighted by Gasteiger charge is 2.14. The lowest BCUT2D eigenvalue weighted by atomic mass is 10.1. The van der Waals surface area contributed by atoms with Crippen molar-refractivity contribution in [3.05, 3.63) is 94.6 Å². The third-order valence-electron chi connectivity index (χ3n) is 4.73. The van der Waals surface area contributed by atoms with Crippen LogP contribution in [0, 0.1) is 6.92 Å². The van der Waals surface area contributed by atoms with Gasteiger partial charge in [0.15, 0.2) is 0 Å². The number of hydrogen-bond acceptors (Lipinski definition) is 3. The highest BCUT2D eigenvalue weighted by Crippen LogP contribution is 2.12. The van der Waals surface area contributed by atoms with Crippen LogP contribution in [0.5, 0.6) is 0 Å². The van der Waals surface area contributed by atoms with E-state index in [1.807, 2.05) is 82.3 Å². The Hall–Kier alpha value is -3.18. The first-order valence-electron chi connectivity index (χ1n) is 10.8. The Morgan fingerprint density at radius 3 is 2.26 bits per heavy atom. The summed E-state index contributed by atoms with van der Waals surface area (Å²) < 4.78 is 0. The van der Waals surface area contributed by atoms with E-state index < -0.39 is 0 Å². The normalized spacial score (nSPS) is 10.6. The lowest BCUT2D eigenvalue weighted by molar-refractivity contribution is 0.0782. The lowest BCUT2D eigenvalue weighted by Crippen LogP contribution is -2.26. The van der Waals surface area contributed by atoms with Gasteiger partial charge in [-0.3, -0.25) is 4.79 Å². The van der Waals surface area contributed by atoms with Crippen molar-refractivity contribution in [3.8, 4) is 0 Å². The van der Waals surface area contributed by atoms with E-state index in [0.29, 0.717) is 12.1 Å². The molecule has 1 heterocycles. The number of carbonyl (C=O) groups is 1. The minimum absolute atomic E-state index is 0.0181. The lowest BCUT2D eigenvalue weighted by Gasteiger charge is -2.16. The number of aryl methyl sites for hydroxylation is 1. The molecule has 0 radical (unpaired) electrons. The van der Waals surface area contributed by atoms with Crippen molar-refractivity contribution in [2.45, 2.75) is 47.3 Å². The molecule has 3 rings (SSSR count). The number of amides is 1. The van der Waals surface area contributed by atoms with Crippen molar-refractivity contribution in [2.24, 2.45) is 0 Å². The van der Waals surface area contributed by atoms with Crippen molar-refractivity contribution in [1.82, 2.24) is 20.2 Å². The van der Waals surface area contributed by atoms with E-state index in [9.17, 15) is 4.79 Å². The van der Waals surface area contributed by atoms with Gasteiger partial charge in [0.25, 0.3) is 5.91 Å². The van der Waals surface area contributed by atoms with Crippen LogP contribution in [-0.4, -0.2) is 27.8 Å². The van der Waals surface area contributed by atoms with Gasteiger partial charge in [-0.25, -0.2) is 4.98 Å². The predicted octanol–water partition coefficient (Wildman–Crippen LogP) is 5.34. The Labute approximate surface area is 186 Å². The van der Waals surface area contributed by atoms with Gasteiger partial charge in [-0.1, -0.05) is 62.4 Å². The van der Waals surface area contributed by atoms with Crippen LogP contribution < -0.4 is 5.32 Å². The number of benzene rings is 2. The zero-order valence-corrected chi connectivity index (χ0v) is 19.3. The zero-order chi connectivity index (χ0) is 22.6. The molecule has 1 amide bonds. The number of hydrogen-bond donors (Lipinski definition) is 2. The Kier molecular flexibility index (Phi) is 9.72. The second-order valence-corrected chi connectivity index (χ2v) is 7.14. The number of imidazole rings is 1. The fourth-order valence-electron chi connectivity index (χ4n) is 3.16. The molecule has 0 unspecified atom stereocenters. The molecule has 0 bridgehead atoms. The van der Waals surface area contributed by atoms with Gasteiger partial charge in [0.05, 0.1) is 12.2 Å². The maximum atomic E-state index is 12.7. The summed E-state index contributed by atoms with van der Waals surface area (Å²) in [6.07, 6.45) is 3.92. The van der Waals surface area contributed by atoms with E-state index >= 15 is 0 Å². The summed E-state index contributed by atoms with van der Waals surface area (Å²) in [7, 11) is 1.80. The molecule has 3 aromatic rings. The van der Waals surface area contributed by atoms with E-state index in [4.69, 9.17) is 0 Å². The van der Waals surface area contributed by atoms with E-state index in [0.717, 1.165) is 35.9 Å². The number of aromatic nitrogens is 2. The topological polar surface area (TPSA) is 61.0 Å². The predicted molar refractivity (Wildman–Crippen MR) is 129 cm³/mol. The largest absolute Gasteiger partial charge is 0.344 e. The zero-order valence-electron chi connectivity index (χ0n) is 19.3. The number of H-pyrrole nitrogens is 1. The molecule has 0 spiro atoms. The number of allylic oxidation sites excluding steroid dienone is 1. The molecular weight excluding hydrogens is 384 g/mol. The van der Waals surface area contributed by atoms with E-state index in [-0.39, 0.29) is 5.91 Å². The van der Waals surface area contributed by atoms with Crippen LogP contribution in [0.25, 0.3) is 6.08 Å². The van der Waals surface area contributed by atoms with Gasteiger partial charge in [-0.05, 0) is 43.2 Å². The summed E-state index contributed by atoms with van der Waals surface area (Å²) in [5.74, 6) is 0.767. The number of aromatic amines is 1. The molecular formula is C26H34N4O. The molecule has 5 heteroatoms. The average molecular weight is 419 g/mol. The van der Waals surface area contributed by atoms with Gasteiger partial charge < -0.3 is 15.2 Å². The summed E-state index contributed by atoms with van der Waals surface area (Å²) >= 11 is 0. The van der Waals surface area contributed by atoms with E-state index in [1.54, 1.807) is 11.9 Å². The Morgan fingerprint density at radius 2 is 1.65 bits per heavy atom. The van der Waals surface area contributed by atoms with Gasteiger partial charge in [0.2, 0.25) is 0 Å². The van der Waals surface area contributed by atoms with Crippen LogP contribution in [0.1, 0.15) is 59.5 Å². The first kappa shape index (κ1) is 24.1. The molecule has 0 fully saturated rings. The van der Waals surface area contributed by atoms with Crippen LogP contribution in [0.4, 0.5) is 0 Å². The van der Waals surface area contributed by atoms with Crippen molar-refractivity contribution in [3.63, 3.8) is 0 Å². The number of nitrogens with zero attached hydrogens (tertiary/aromatic N) is 2. The average Bonchev–Trinajstić information content (AvgIpc) is 3.14. The quantitative estimate of drug-likeness (QED) is 0.519. The number of nitrogens with one attached hydrogen (secondary N) is 2. The van der Waals surface area contributed by atoms with Crippen molar-refractivity contribution >= 4 is 12.0 Å².